The molecule has 0 unspecified atom stereocenters. The van der Waals surface area contributed by atoms with E-state index >= 15 is 0 Å². The van der Waals surface area contributed by atoms with Crippen LogP contribution in [-0.2, 0) is 12.9 Å². The van der Waals surface area contributed by atoms with Gasteiger partial charge in [-0.15, -0.1) is 0 Å². The summed E-state index contributed by atoms with van der Waals surface area (Å²) in [6, 6.07) is 14.3. The summed E-state index contributed by atoms with van der Waals surface area (Å²) >= 11 is 5.94. The SMILES string of the molecule is Cc1ccc(-c2cc(C(F)(F)F)n3nc(C(=O)Nc4cnn(COc5cccc(Cl)c5)c4)cc3n2)cc1C. The van der Waals surface area contributed by atoms with Crippen LogP contribution in [0.25, 0.3) is 16.9 Å². The number of amides is 1. The van der Waals surface area contributed by atoms with Gasteiger partial charge in [-0.2, -0.15) is 23.4 Å². The Morgan fingerprint density at radius 2 is 1.89 bits per heavy atom. The van der Waals surface area contributed by atoms with E-state index in [1.807, 2.05) is 19.9 Å². The first-order valence-electron chi connectivity index (χ1n) is 11.3. The number of fused-ring (bicyclic) bond motifs is 1. The summed E-state index contributed by atoms with van der Waals surface area (Å²) < 4.78 is 49.4. The largest absolute Gasteiger partial charge is 0.471 e. The number of benzene rings is 2. The second-order valence-electron chi connectivity index (χ2n) is 8.58. The number of ether oxygens (including phenoxy) is 1. The summed E-state index contributed by atoms with van der Waals surface area (Å²) in [6.45, 7) is 3.83. The zero-order valence-corrected chi connectivity index (χ0v) is 20.9. The predicted molar refractivity (Wildman–Crippen MR) is 135 cm³/mol. The standard InChI is InChI=1S/C26H20ClF3N6O2/c1-15-6-7-17(8-16(15)2)21-10-23(26(28,29)30)36-24(33-21)11-22(34-36)25(37)32-19-12-31-35(13-19)14-38-20-5-3-4-18(27)9-20/h3-13H,14H2,1-2H3,(H,32,37). The monoisotopic (exact) mass is 540 g/mol. The van der Waals surface area contributed by atoms with E-state index in [0.717, 1.165) is 17.2 Å². The maximum absolute atomic E-state index is 13.9. The predicted octanol–water partition coefficient (Wildman–Crippen LogP) is 6.17. The van der Waals surface area contributed by atoms with Crippen LogP contribution < -0.4 is 10.1 Å². The van der Waals surface area contributed by atoms with Crippen molar-refractivity contribution in [2.24, 2.45) is 0 Å². The number of rotatable bonds is 6. The second kappa shape index (κ2) is 9.82. The van der Waals surface area contributed by atoms with Crippen LogP contribution in [0.5, 0.6) is 5.75 Å². The average Bonchev–Trinajstić information content (AvgIpc) is 3.50. The number of anilines is 1. The van der Waals surface area contributed by atoms with Crippen molar-refractivity contribution >= 4 is 28.8 Å². The van der Waals surface area contributed by atoms with E-state index in [0.29, 0.717) is 26.5 Å². The zero-order valence-electron chi connectivity index (χ0n) is 20.1. The fourth-order valence-corrected chi connectivity index (χ4v) is 3.91. The van der Waals surface area contributed by atoms with Gasteiger partial charge in [0.15, 0.2) is 23.8 Å². The Morgan fingerprint density at radius 3 is 2.63 bits per heavy atom. The van der Waals surface area contributed by atoms with Gasteiger partial charge in [0, 0.05) is 16.7 Å². The Balaban J connectivity index is 1.38. The van der Waals surface area contributed by atoms with Crippen LogP contribution >= 0.6 is 11.6 Å². The van der Waals surface area contributed by atoms with E-state index in [1.165, 1.54) is 23.1 Å². The van der Waals surface area contributed by atoms with Gasteiger partial charge >= 0.3 is 6.18 Å². The Kier molecular flexibility index (Phi) is 6.53. The molecule has 0 saturated heterocycles. The lowest BCUT2D eigenvalue weighted by Crippen LogP contribution is -2.15. The van der Waals surface area contributed by atoms with Gasteiger partial charge in [0.2, 0.25) is 0 Å². The van der Waals surface area contributed by atoms with Crippen LogP contribution in [0.1, 0.15) is 27.3 Å². The van der Waals surface area contributed by atoms with Crippen LogP contribution in [-0.4, -0.2) is 30.3 Å². The molecule has 2 aromatic carbocycles. The smallest absolute Gasteiger partial charge is 0.433 e. The third-order valence-electron chi connectivity index (χ3n) is 5.80. The third kappa shape index (κ3) is 5.32. The van der Waals surface area contributed by atoms with Gasteiger partial charge < -0.3 is 10.1 Å². The third-order valence-corrected chi connectivity index (χ3v) is 6.04. The van der Waals surface area contributed by atoms with Gasteiger partial charge in [-0.25, -0.2) is 14.2 Å². The first kappa shape index (κ1) is 25.3. The Morgan fingerprint density at radius 1 is 1.08 bits per heavy atom. The highest BCUT2D eigenvalue weighted by atomic mass is 35.5. The van der Waals surface area contributed by atoms with E-state index in [-0.39, 0.29) is 23.8 Å². The van der Waals surface area contributed by atoms with Gasteiger partial charge in [0.25, 0.3) is 5.91 Å². The zero-order chi connectivity index (χ0) is 27.0. The Labute approximate surface area is 219 Å². The van der Waals surface area contributed by atoms with Crippen molar-refractivity contribution in [3.63, 3.8) is 0 Å². The molecule has 5 aromatic rings. The molecule has 0 bridgehead atoms. The van der Waals surface area contributed by atoms with Gasteiger partial charge in [-0.3, -0.25) is 4.79 Å². The molecule has 38 heavy (non-hydrogen) atoms. The second-order valence-corrected chi connectivity index (χ2v) is 9.01. The number of carbonyl (C=O) groups is 1. The minimum Gasteiger partial charge on any atom is -0.471 e. The minimum absolute atomic E-state index is 0.0463. The molecule has 0 fully saturated rings. The van der Waals surface area contributed by atoms with Gasteiger partial charge in [-0.05, 0) is 55.3 Å². The van der Waals surface area contributed by atoms with E-state index in [9.17, 15) is 18.0 Å². The normalized spacial score (nSPS) is 11.6. The summed E-state index contributed by atoms with van der Waals surface area (Å²) in [7, 11) is 0. The van der Waals surface area contributed by atoms with Crippen molar-refractivity contribution in [2.45, 2.75) is 26.8 Å². The topological polar surface area (TPSA) is 86.3 Å². The van der Waals surface area contributed by atoms with E-state index < -0.39 is 17.8 Å². The lowest BCUT2D eigenvalue weighted by molar-refractivity contribution is -0.142. The van der Waals surface area contributed by atoms with Gasteiger partial charge in [0.1, 0.15) is 5.75 Å². The molecule has 1 amide bonds. The lowest BCUT2D eigenvalue weighted by atomic mass is 10.0. The Bertz CT molecular complexity index is 1660. The van der Waals surface area contributed by atoms with Crippen LogP contribution in [0.4, 0.5) is 18.9 Å². The van der Waals surface area contributed by atoms with Crippen molar-refractivity contribution < 1.29 is 22.7 Å². The number of hydrogen-bond acceptors (Lipinski definition) is 5. The first-order valence-corrected chi connectivity index (χ1v) is 11.7. The van der Waals surface area contributed by atoms with Crippen LogP contribution in [0, 0.1) is 13.8 Å². The minimum atomic E-state index is -4.72. The van der Waals surface area contributed by atoms with E-state index in [4.69, 9.17) is 16.3 Å². The van der Waals surface area contributed by atoms with Crippen molar-refractivity contribution in [3.05, 3.63) is 94.5 Å². The lowest BCUT2D eigenvalue weighted by Gasteiger charge is -2.11. The quantitative estimate of drug-likeness (QED) is 0.278. The maximum Gasteiger partial charge on any atom is 0.433 e. The molecule has 0 saturated carbocycles. The summed E-state index contributed by atoms with van der Waals surface area (Å²) in [6.07, 6.45) is -1.83. The number of nitrogens with zero attached hydrogens (tertiary/aromatic N) is 5. The van der Waals surface area contributed by atoms with E-state index in [2.05, 4.69) is 20.5 Å². The molecule has 1 N–H and O–H groups in total. The molecule has 194 valence electrons. The molecule has 0 radical (unpaired) electrons. The molecular formula is C26H20ClF3N6O2. The molecule has 3 aromatic heterocycles. The number of carbonyl (C=O) groups excluding carboxylic acids is 1. The first-order chi connectivity index (χ1) is 18.1. The number of aryl methyl sites for hydroxylation is 2. The maximum atomic E-state index is 13.9. The van der Waals surface area contributed by atoms with Crippen molar-refractivity contribution in [1.82, 2.24) is 24.4 Å². The molecular weight excluding hydrogens is 521 g/mol. The Hall–Kier alpha value is -4.38. The molecule has 3 heterocycles. The number of nitrogens with one attached hydrogen (secondary N) is 1. The highest BCUT2D eigenvalue weighted by Crippen LogP contribution is 2.33. The number of aromatic nitrogens is 5. The van der Waals surface area contributed by atoms with E-state index in [1.54, 1.807) is 36.4 Å². The average molecular weight is 541 g/mol. The number of alkyl halides is 3. The summed E-state index contributed by atoms with van der Waals surface area (Å²) in [4.78, 5) is 17.2. The van der Waals surface area contributed by atoms with Crippen molar-refractivity contribution in [1.29, 1.82) is 0 Å². The molecule has 0 spiro atoms. The molecule has 5 rings (SSSR count). The van der Waals surface area contributed by atoms with Crippen molar-refractivity contribution in [3.8, 4) is 17.0 Å². The number of halogens is 4. The fourth-order valence-electron chi connectivity index (χ4n) is 3.73. The number of hydrogen-bond donors (Lipinski definition) is 1. The molecule has 0 atom stereocenters. The molecule has 8 nitrogen and oxygen atoms in total. The van der Waals surface area contributed by atoms with Crippen LogP contribution in [0.2, 0.25) is 5.02 Å². The van der Waals surface area contributed by atoms with Crippen LogP contribution in [0.3, 0.4) is 0 Å². The fraction of sp³-hybridized carbons (Fsp3) is 0.154. The molecule has 0 aliphatic rings. The summed E-state index contributed by atoms with van der Waals surface area (Å²) in [5.74, 6) is -0.178. The van der Waals surface area contributed by atoms with Gasteiger partial charge in [-0.1, -0.05) is 29.8 Å². The molecule has 12 heteroatoms. The molecule has 0 aliphatic carbocycles. The van der Waals surface area contributed by atoms with Crippen LogP contribution in [0.15, 0.2) is 67.0 Å². The highest BCUT2D eigenvalue weighted by molar-refractivity contribution is 6.30. The summed E-state index contributed by atoms with van der Waals surface area (Å²) in [5, 5.41) is 11.1. The summed E-state index contributed by atoms with van der Waals surface area (Å²) in [5.41, 5.74) is 1.51. The van der Waals surface area contributed by atoms with Crippen molar-refractivity contribution in [2.75, 3.05) is 5.32 Å². The highest BCUT2D eigenvalue weighted by Gasteiger charge is 2.35. The molecule has 0 aliphatic heterocycles. The van der Waals surface area contributed by atoms with Gasteiger partial charge in [0.05, 0.1) is 23.8 Å².